The van der Waals surface area contributed by atoms with Gasteiger partial charge in [0.2, 0.25) is 0 Å². The van der Waals surface area contributed by atoms with E-state index in [2.05, 4.69) is 56.3 Å². The van der Waals surface area contributed by atoms with Gasteiger partial charge in [-0.1, -0.05) is 44.2 Å². The molecule has 0 fully saturated rings. The van der Waals surface area contributed by atoms with Crippen LogP contribution in [0.4, 0.5) is 0 Å². The number of hydrogen-bond donors (Lipinski definition) is 1. The van der Waals surface area contributed by atoms with E-state index in [0.29, 0.717) is 17.6 Å². The lowest BCUT2D eigenvalue weighted by Crippen LogP contribution is -2.06. The van der Waals surface area contributed by atoms with E-state index in [1.54, 1.807) is 0 Å². The minimum absolute atomic E-state index is 0.413. The molecule has 21 heavy (non-hydrogen) atoms. The van der Waals surface area contributed by atoms with Crippen LogP contribution in [0, 0.1) is 19.8 Å². The fourth-order valence-electron chi connectivity index (χ4n) is 3.45. The predicted molar refractivity (Wildman–Crippen MR) is 89.5 cm³/mol. The number of benzene rings is 2. The molecule has 0 saturated carbocycles. The quantitative estimate of drug-likeness (QED) is 0.790. The molecule has 0 radical (unpaired) electrons. The minimum atomic E-state index is 0.413. The summed E-state index contributed by atoms with van der Waals surface area (Å²) < 4.78 is 0. The molecule has 1 nitrogen and oxygen atoms in total. The third-order valence-corrected chi connectivity index (χ3v) is 4.47. The summed E-state index contributed by atoms with van der Waals surface area (Å²) in [6.07, 6.45) is 2.31. The van der Waals surface area contributed by atoms with Crippen LogP contribution in [0.15, 0.2) is 36.4 Å². The number of aryl methyl sites for hydroxylation is 2. The molecule has 3 rings (SSSR count). The van der Waals surface area contributed by atoms with E-state index in [1.807, 2.05) is 13.8 Å². The topological polar surface area (TPSA) is 20.2 Å². The maximum Gasteiger partial charge on any atom is 0.121 e. The van der Waals surface area contributed by atoms with Gasteiger partial charge in [0.25, 0.3) is 0 Å². The summed E-state index contributed by atoms with van der Waals surface area (Å²) in [5.41, 5.74) is 7.25. The number of phenolic OH excluding ortho intramolecular Hbond substituents is 1. The second-order valence-electron chi connectivity index (χ2n) is 6.41. The molecule has 1 aliphatic rings. The lowest BCUT2D eigenvalue weighted by Gasteiger charge is -2.22. The molecule has 1 aliphatic carbocycles. The van der Waals surface area contributed by atoms with Gasteiger partial charge in [-0.2, -0.15) is 0 Å². The van der Waals surface area contributed by atoms with Crippen LogP contribution in [0.3, 0.4) is 0 Å². The van der Waals surface area contributed by atoms with E-state index in [4.69, 9.17) is 0 Å². The van der Waals surface area contributed by atoms with Gasteiger partial charge in [0.15, 0.2) is 0 Å². The standard InChI is InChI=1S/C20H22O/c1-12(2)19-17-8-6-5-7-15(17)11-18(19)16-9-13(3)20(21)14(4)10-16/h5-12,19,21H,1-4H3. The first-order valence-corrected chi connectivity index (χ1v) is 7.60. The van der Waals surface area contributed by atoms with Crippen LogP contribution in [0.25, 0.3) is 11.6 Å². The number of fused-ring (bicyclic) bond motifs is 1. The second kappa shape index (κ2) is 5.07. The SMILES string of the molecule is Cc1cc(C2=Cc3ccccc3C2C(C)C)cc(C)c1O. The van der Waals surface area contributed by atoms with E-state index in [9.17, 15) is 5.11 Å². The number of aromatic hydroxyl groups is 1. The summed E-state index contributed by atoms with van der Waals surface area (Å²) in [4.78, 5) is 0. The highest BCUT2D eigenvalue weighted by atomic mass is 16.3. The molecule has 1 unspecified atom stereocenters. The third-order valence-electron chi connectivity index (χ3n) is 4.47. The van der Waals surface area contributed by atoms with Gasteiger partial charge < -0.3 is 5.11 Å². The van der Waals surface area contributed by atoms with Gasteiger partial charge in [-0.15, -0.1) is 0 Å². The van der Waals surface area contributed by atoms with Gasteiger partial charge in [-0.05, 0) is 65.3 Å². The lowest BCUT2D eigenvalue weighted by molar-refractivity contribution is 0.467. The summed E-state index contributed by atoms with van der Waals surface area (Å²) in [6.45, 7) is 8.50. The maximum absolute atomic E-state index is 10.0. The first kappa shape index (κ1) is 13.9. The smallest absolute Gasteiger partial charge is 0.121 e. The van der Waals surface area contributed by atoms with Crippen molar-refractivity contribution in [3.63, 3.8) is 0 Å². The molecular weight excluding hydrogens is 256 g/mol. The van der Waals surface area contributed by atoms with Crippen molar-refractivity contribution in [1.29, 1.82) is 0 Å². The highest BCUT2D eigenvalue weighted by molar-refractivity contribution is 5.92. The Morgan fingerprint density at radius 1 is 1.00 bits per heavy atom. The molecule has 0 spiro atoms. The van der Waals surface area contributed by atoms with Crippen molar-refractivity contribution in [2.75, 3.05) is 0 Å². The average molecular weight is 278 g/mol. The Labute approximate surface area is 127 Å². The van der Waals surface area contributed by atoms with E-state index in [1.165, 1.54) is 22.3 Å². The average Bonchev–Trinajstić information content (AvgIpc) is 2.83. The van der Waals surface area contributed by atoms with Gasteiger partial charge >= 0.3 is 0 Å². The molecule has 1 heteroatoms. The van der Waals surface area contributed by atoms with Gasteiger partial charge in [0.1, 0.15) is 5.75 Å². The molecule has 0 aliphatic heterocycles. The molecule has 1 N–H and O–H groups in total. The number of allylic oxidation sites excluding steroid dienone is 1. The molecule has 108 valence electrons. The van der Waals surface area contributed by atoms with Crippen LogP contribution in [0.1, 0.15) is 47.6 Å². The first-order valence-electron chi connectivity index (χ1n) is 7.60. The Hall–Kier alpha value is -2.02. The van der Waals surface area contributed by atoms with Gasteiger partial charge in [0.05, 0.1) is 0 Å². The molecule has 2 aromatic rings. The fourth-order valence-corrected chi connectivity index (χ4v) is 3.45. The maximum atomic E-state index is 10.0. The molecule has 0 amide bonds. The van der Waals surface area contributed by atoms with Gasteiger partial charge in [-0.3, -0.25) is 0 Å². The second-order valence-corrected chi connectivity index (χ2v) is 6.41. The van der Waals surface area contributed by atoms with Crippen molar-refractivity contribution in [3.8, 4) is 5.75 Å². The summed E-state index contributed by atoms with van der Waals surface area (Å²) in [6, 6.07) is 12.9. The predicted octanol–water partition coefficient (Wildman–Crippen LogP) is 5.30. The summed E-state index contributed by atoms with van der Waals surface area (Å²) >= 11 is 0. The number of phenols is 1. The van der Waals surface area contributed by atoms with Gasteiger partial charge in [0, 0.05) is 5.92 Å². The summed E-state index contributed by atoms with van der Waals surface area (Å²) in [5.74, 6) is 1.40. The number of rotatable bonds is 2. The molecule has 0 aromatic heterocycles. The van der Waals surface area contributed by atoms with Crippen LogP contribution in [0.2, 0.25) is 0 Å². The van der Waals surface area contributed by atoms with E-state index in [-0.39, 0.29) is 0 Å². The molecule has 2 aromatic carbocycles. The zero-order chi connectivity index (χ0) is 15.1. The Bertz CT molecular complexity index is 699. The lowest BCUT2D eigenvalue weighted by atomic mass is 9.82. The first-order chi connectivity index (χ1) is 9.99. The zero-order valence-electron chi connectivity index (χ0n) is 13.1. The highest BCUT2D eigenvalue weighted by Crippen LogP contribution is 2.46. The Balaban J connectivity index is 2.15. The van der Waals surface area contributed by atoms with Crippen molar-refractivity contribution in [2.45, 2.75) is 33.6 Å². The normalized spacial score (nSPS) is 17.0. The molecule has 1 atom stereocenters. The van der Waals surface area contributed by atoms with Crippen LogP contribution in [-0.2, 0) is 0 Å². The van der Waals surface area contributed by atoms with E-state index < -0.39 is 0 Å². The third kappa shape index (κ3) is 2.27. The van der Waals surface area contributed by atoms with Crippen LogP contribution >= 0.6 is 0 Å². The monoisotopic (exact) mass is 278 g/mol. The Kier molecular flexibility index (Phi) is 3.36. The summed E-state index contributed by atoms with van der Waals surface area (Å²) in [5, 5.41) is 10.0. The minimum Gasteiger partial charge on any atom is -0.507 e. The molecule has 0 heterocycles. The van der Waals surface area contributed by atoms with E-state index >= 15 is 0 Å². The van der Waals surface area contributed by atoms with Gasteiger partial charge in [-0.25, -0.2) is 0 Å². The molecule has 0 saturated heterocycles. The highest BCUT2D eigenvalue weighted by Gasteiger charge is 2.28. The van der Waals surface area contributed by atoms with E-state index in [0.717, 1.165) is 11.1 Å². The fraction of sp³-hybridized carbons (Fsp3) is 0.300. The van der Waals surface area contributed by atoms with Crippen molar-refractivity contribution < 1.29 is 5.11 Å². The van der Waals surface area contributed by atoms with Crippen molar-refractivity contribution >= 4 is 11.6 Å². The molecule has 0 bridgehead atoms. The Morgan fingerprint density at radius 2 is 1.62 bits per heavy atom. The van der Waals surface area contributed by atoms with Crippen molar-refractivity contribution in [3.05, 3.63) is 64.2 Å². The van der Waals surface area contributed by atoms with Crippen LogP contribution < -0.4 is 0 Å². The Morgan fingerprint density at radius 3 is 2.24 bits per heavy atom. The van der Waals surface area contributed by atoms with Crippen molar-refractivity contribution in [2.24, 2.45) is 5.92 Å². The van der Waals surface area contributed by atoms with Crippen LogP contribution in [0.5, 0.6) is 5.75 Å². The molecular formula is C20H22O. The summed E-state index contributed by atoms with van der Waals surface area (Å²) in [7, 11) is 0. The zero-order valence-corrected chi connectivity index (χ0v) is 13.1. The van der Waals surface area contributed by atoms with Crippen LogP contribution in [-0.4, -0.2) is 5.11 Å². The van der Waals surface area contributed by atoms with Crippen molar-refractivity contribution in [1.82, 2.24) is 0 Å². The largest absolute Gasteiger partial charge is 0.507 e. The number of hydrogen-bond acceptors (Lipinski definition) is 1.